The van der Waals surface area contributed by atoms with E-state index in [1.54, 1.807) is 31.6 Å². The van der Waals surface area contributed by atoms with E-state index in [4.69, 9.17) is 14.2 Å². The number of hydrogen-bond donors (Lipinski definition) is 0. The minimum atomic E-state index is -0.548. The van der Waals surface area contributed by atoms with Crippen molar-refractivity contribution in [1.29, 1.82) is 0 Å². The summed E-state index contributed by atoms with van der Waals surface area (Å²) < 4.78 is 16.7. The number of benzene rings is 2. The van der Waals surface area contributed by atoms with Gasteiger partial charge < -0.3 is 19.1 Å². The lowest BCUT2D eigenvalue weighted by molar-refractivity contribution is 0.00695. The van der Waals surface area contributed by atoms with Gasteiger partial charge in [-0.1, -0.05) is 0 Å². The molecule has 1 aromatic heterocycles. The number of carbonyl (C=O) groups is 1. The molecule has 3 aromatic rings. The Bertz CT molecular complexity index is 1030. The van der Waals surface area contributed by atoms with Gasteiger partial charge in [0, 0.05) is 35.4 Å². The fourth-order valence-electron chi connectivity index (χ4n) is 3.14. The Morgan fingerprint density at radius 2 is 1.62 bits per heavy atom. The van der Waals surface area contributed by atoms with Crippen LogP contribution in [-0.2, 0) is 11.3 Å². The van der Waals surface area contributed by atoms with Gasteiger partial charge in [0.25, 0.3) is 0 Å². The molecule has 0 unspecified atom stereocenters. The maximum Gasteiger partial charge on any atom is 0.338 e. The summed E-state index contributed by atoms with van der Waals surface area (Å²) in [6.45, 7) is 8.56. The SMILES string of the molecule is CCOc1ccc(N(Cc2cncnc2)c2ccc(C(=O)OC(C)(C)C)cc2)cc1OC. The quantitative estimate of drug-likeness (QED) is 0.452. The lowest BCUT2D eigenvalue weighted by Gasteiger charge is -2.26. The van der Waals surface area contributed by atoms with Crippen molar-refractivity contribution in [2.75, 3.05) is 18.6 Å². The number of methoxy groups -OCH3 is 1. The second-order valence-electron chi connectivity index (χ2n) is 8.15. The lowest BCUT2D eigenvalue weighted by Crippen LogP contribution is -2.24. The first-order valence-corrected chi connectivity index (χ1v) is 10.5. The van der Waals surface area contributed by atoms with Crippen molar-refractivity contribution in [2.24, 2.45) is 0 Å². The van der Waals surface area contributed by atoms with Crippen LogP contribution in [0, 0.1) is 0 Å². The highest BCUT2D eigenvalue weighted by Gasteiger charge is 2.19. The molecule has 168 valence electrons. The van der Waals surface area contributed by atoms with E-state index in [1.807, 2.05) is 58.0 Å². The average molecular weight is 436 g/mol. The highest BCUT2D eigenvalue weighted by molar-refractivity contribution is 5.90. The molecule has 0 aliphatic rings. The van der Waals surface area contributed by atoms with E-state index in [1.165, 1.54) is 6.33 Å². The predicted octanol–water partition coefficient (Wildman–Crippen LogP) is 5.18. The van der Waals surface area contributed by atoms with E-state index >= 15 is 0 Å². The molecule has 0 bridgehead atoms. The van der Waals surface area contributed by atoms with E-state index < -0.39 is 5.60 Å². The minimum Gasteiger partial charge on any atom is -0.493 e. The van der Waals surface area contributed by atoms with E-state index in [-0.39, 0.29) is 5.97 Å². The summed E-state index contributed by atoms with van der Waals surface area (Å²) in [7, 11) is 1.62. The predicted molar refractivity (Wildman–Crippen MR) is 124 cm³/mol. The van der Waals surface area contributed by atoms with Gasteiger partial charge >= 0.3 is 5.97 Å². The van der Waals surface area contributed by atoms with Crippen LogP contribution in [0.5, 0.6) is 11.5 Å². The van der Waals surface area contributed by atoms with E-state index in [9.17, 15) is 4.79 Å². The Kier molecular flexibility index (Phi) is 7.30. The average Bonchev–Trinajstić information content (AvgIpc) is 2.78. The van der Waals surface area contributed by atoms with Crippen molar-refractivity contribution >= 4 is 17.3 Å². The molecule has 0 amide bonds. The topological polar surface area (TPSA) is 73.8 Å². The minimum absolute atomic E-state index is 0.352. The molecule has 1 heterocycles. The number of aromatic nitrogens is 2. The molecule has 0 saturated heterocycles. The first-order valence-electron chi connectivity index (χ1n) is 10.5. The molecule has 32 heavy (non-hydrogen) atoms. The zero-order valence-corrected chi connectivity index (χ0v) is 19.2. The molecule has 0 radical (unpaired) electrons. The van der Waals surface area contributed by atoms with Gasteiger partial charge in [-0.15, -0.1) is 0 Å². The van der Waals surface area contributed by atoms with Crippen LogP contribution in [0.2, 0.25) is 0 Å². The number of hydrogen-bond acceptors (Lipinski definition) is 7. The van der Waals surface area contributed by atoms with Crippen molar-refractivity contribution in [3.63, 3.8) is 0 Å². The standard InChI is InChI=1S/C25H29N3O4/c1-6-31-22-12-11-21(13-23(22)30-5)28(16-18-14-26-17-27-15-18)20-9-7-19(8-10-20)24(29)32-25(2,3)4/h7-15,17H,6,16H2,1-5H3. The third kappa shape index (κ3) is 5.97. The number of carbonyl (C=O) groups excluding carboxylic acids is 1. The molecule has 0 N–H and O–H groups in total. The smallest absolute Gasteiger partial charge is 0.338 e. The van der Waals surface area contributed by atoms with Crippen LogP contribution in [0.4, 0.5) is 11.4 Å². The van der Waals surface area contributed by atoms with Crippen molar-refractivity contribution < 1.29 is 19.0 Å². The highest BCUT2D eigenvalue weighted by Crippen LogP contribution is 2.35. The van der Waals surface area contributed by atoms with Crippen LogP contribution in [-0.4, -0.2) is 35.3 Å². The molecule has 0 aliphatic carbocycles. The van der Waals surface area contributed by atoms with Crippen LogP contribution >= 0.6 is 0 Å². The molecule has 0 spiro atoms. The van der Waals surface area contributed by atoms with Gasteiger partial charge in [0.05, 0.1) is 25.8 Å². The van der Waals surface area contributed by atoms with Gasteiger partial charge in [-0.2, -0.15) is 0 Å². The Morgan fingerprint density at radius 1 is 0.969 bits per heavy atom. The van der Waals surface area contributed by atoms with Gasteiger partial charge in [-0.3, -0.25) is 0 Å². The lowest BCUT2D eigenvalue weighted by atomic mass is 10.1. The summed E-state index contributed by atoms with van der Waals surface area (Å²) >= 11 is 0. The first-order chi connectivity index (χ1) is 15.3. The normalized spacial score (nSPS) is 11.0. The largest absolute Gasteiger partial charge is 0.493 e. The van der Waals surface area contributed by atoms with E-state index in [2.05, 4.69) is 14.9 Å². The van der Waals surface area contributed by atoms with E-state index in [0.717, 1.165) is 16.9 Å². The number of anilines is 2. The molecule has 0 saturated carbocycles. The molecule has 7 heteroatoms. The van der Waals surface area contributed by atoms with Gasteiger partial charge in [0.1, 0.15) is 11.9 Å². The number of ether oxygens (including phenoxy) is 3. The van der Waals surface area contributed by atoms with Gasteiger partial charge in [0.15, 0.2) is 11.5 Å². The summed E-state index contributed by atoms with van der Waals surface area (Å²) in [5, 5.41) is 0. The third-order valence-electron chi connectivity index (χ3n) is 4.53. The highest BCUT2D eigenvalue weighted by atomic mass is 16.6. The van der Waals surface area contributed by atoms with Crippen LogP contribution in [0.3, 0.4) is 0 Å². The molecule has 3 rings (SSSR count). The second kappa shape index (κ2) is 10.1. The van der Waals surface area contributed by atoms with Crippen molar-refractivity contribution in [1.82, 2.24) is 9.97 Å². The van der Waals surface area contributed by atoms with Crippen LogP contribution in [0.25, 0.3) is 0 Å². The molecule has 0 fully saturated rings. The summed E-state index contributed by atoms with van der Waals surface area (Å²) in [6.07, 6.45) is 5.06. The zero-order valence-electron chi connectivity index (χ0n) is 19.2. The number of esters is 1. The van der Waals surface area contributed by atoms with Gasteiger partial charge in [-0.05, 0) is 64.1 Å². The molecular weight excluding hydrogens is 406 g/mol. The Labute approximate surface area is 189 Å². The second-order valence-corrected chi connectivity index (χ2v) is 8.15. The first kappa shape index (κ1) is 23.1. The third-order valence-corrected chi connectivity index (χ3v) is 4.53. The maximum atomic E-state index is 12.4. The molecule has 2 aromatic carbocycles. The van der Waals surface area contributed by atoms with Crippen molar-refractivity contribution in [3.8, 4) is 11.5 Å². The van der Waals surface area contributed by atoms with E-state index in [0.29, 0.717) is 30.2 Å². The van der Waals surface area contributed by atoms with Gasteiger partial charge in [-0.25, -0.2) is 14.8 Å². The van der Waals surface area contributed by atoms with Crippen molar-refractivity contribution in [3.05, 3.63) is 72.3 Å². The maximum absolute atomic E-state index is 12.4. The zero-order chi connectivity index (χ0) is 23.1. The van der Waals surface area contributed by atoms with Crippen LogP contribution in [0.1, 0.15) is 43.6 Å². The summed E-state index contributed by atoms with van der Waals surface area (Å²) in [6, 6.07) is 13.1. The van der Waals surface area contributed by atoms with Crippen LogP contribution < -0.4 is 14.4 Å². The molecule has 7 nitrogen and oxygen atoms in total. The monoisotopic (exact) mass is 435 g/mol. The van der Waals surface area contributed by atoms with Crippen molar-refractivity contribution in [2.45, 2.75) is 39.8 Å². The molecule has 0 aliphatic heterocycles. The fraction of sp³-hybridized carbons (Fsp3) is 0.320. The van der Waals surface area contributed by atoms with Crippen LogP contribution in [0.15, 0.2) is 61.2 Å². The fourth-order valence-corrected chi connectivity index (χ4v) is 3.14. The number of nitrogens with zero attached hydrogens (tertiary/aromatic N) is 3. The summed E-state index contributed by atoms with van der Waals surface area (Å²) in [5.74, 6) is 0.973. The molecular formula is C25H29N3O4. The molecule has 0 atom stereocenters. The number of rotatable bonds is 8. The van der Waals surface area contributed by atoms with Gasteiger partial charge in [0.2, 0.25) is 0 Å². The Balaban J connectivity index is 1.96. The Hall–Kier alpha value is -3.61. The summed E-state index contributed by atoms with van der Waals surface area (Å²) in [5.41, 5.74) is 2.69. The summed E-state index contributed by atoms with van der Waals surface area (Å²) in [4.78, 5) is 22.7. The Morgan fingerprint density at radius 3 is 2.22 bits per heavy atom.